The van der Waals surface area contributed by atoms with Crippen molar-refractivity contribution in [2.45, 2.75) is 11.6 Å². The zero-order valence-corrected chi connectivity index (χ0v) is 13.2. The van der Waals surface area contributed by atoms with Gasteiger partial charge in [0.2, 0.25) is 5.91 Å². The molecule has 1 amide bonds. The highest BCUT2D eigenvalue weighted by molar-refractivity contribution is 7.99. The minimum atomic E-state index is -0.363. The molecule has 0 aliphatic heterocycles. The van der Waals surface area contributed by atoms with E-state index in [1.54, 1.807) is 10.6 Å². The lowest BCUT2D eigenvalue weighted by molar-refractivity contribution is -0.117. The monoisotopic (exact) mass is 331 g/mol. The van der Waals surface area contributed by atoms with Gasteiger partial charge in [-0.3, -0.25) is 14.2 Å². The maximum Gasteiger partial charge on any atom is 0.267 e. The van der Waals surface area contributed by atoms with Crippen LogP contribution in [-0.2, 0) is 4.79 Å². The van der Waals surface area contributed by atoms with Crippen LogP contribution in [0.3, 0.4) is 0 Å². The number of hydrogen-bond acceptors (Lipinski definition) is 5. The molecule has 7 heteroatoms. The standard InChI is InChI=1S/C15H13N3O2S2/c16-12(19)7-9-22-15-17-13-11(6-8-21-13)14(20)18(15)10-4-2-1-3-5-10/h1-6,8H,7,9H2,(H2,16,19). The fourth-order valence-electron chi connectivity index (χ4n) is 2.04. The Balaban J connectivity index is 2.12. The lowest BCUT2D eigenvalue weighted by atomic mass is 10.3. The lowest BCUT2D eigenvalue weighted by Crippen LogP contribution is -2.21. The number of primary amides is 1. The molecule has 0 radical (unpaired) electrons. The van der Waals surface area contributed by atoms with Crippen molar-refractivity contribution in [2.75, 3.05) is 5.75 Å². The Hall–Kier alpha value is -2.12. The first kappa shape index (κ1) is 14.8. The van der Waals surface area contributed by atoms with Crippen LogP contribution >= 0.6 is 23.1 Å². The van der Waals surface area contributed by atoms with Gasteiger partial charge in [0, 0.05) is 12.2 Å². The molecule has 3 rings (SSSR count). The Labute approximate surface area is 134 Å². The van der Waals surface area contributed by atoms with Crippen molar-refractivity contribution in [3.05, 3.63) is 52.1 Å². The average Bonchev–Trinajstić information content (AvgIpc) is 2.97. The fraction of sp³-hybridized carbons (Fsp3) is 0.133. The van der Waals surface area contributed by atoms with E-state index in [9.17, 15) is 9.59 Å². The summed E-state index contributed by atoms with van der Waals surface area (Å²) in [5, 5.41) is 3.03. The Morgan fingerprint density at radius 2 is 2.05 bits per heavy atom. The van der Waals surface area contributed by atoms with Crippen LogP contribution in [0.25, 0.3) is 15.9 Å². The molecule has 3 aromatic rings. The summed E-state index contributed by atoms with van der Waals surface area (Å²) in [5.41, 5.74) is 5.83. The summed E-state index contributed by atoms with van der Waals surface area (Å²) in [4.78, 5) is 28.9. The molecule has 22 heavy (non-hydrogen) atoms. The van der Waals surface area contributed by atoms with Crippen molar-refractivity contribution in [2.24, 2.45) is 5.73 Å². The van der Waals surface area contributed by atoms with Gasteiger partial charge in [-0.25, -0.2) is 4.98 Å². The number of thioether (sulfide) groups is 1. The highest BCUT2D eigenvalue weighted by atomic mass is 32.2. The van der Waals surface area contributed by atoms with E-state index in [1.165, 1.54) is 23.1 Å². The van der Waals surface area contributed by atoms with Crippen LogP contribution in [0.1, 0.15) is 6.42 Å². The van der Waals surface area contributed by atoms with E-state index < -0.39 is 0 Å². The SMILES string of the molecule is NC(=O)CCSc1nc2sccc2c(=O)n1-c1ccccc1. The molecule has 0 fully saturated rings. The molecule has 0 unspecified atom stereocenters. The molecule has 2 aromatic heterocycles. The number of fused-ring (bicyclic) bond motifs is 1. The third-order valence-electron chi connectivity index (χ3n) is 3.06. The highest BCUT2D eigenvalue weighted by Crippen LogP contribution is 2.24. The van der Waals surface area contributed by atoms with Gasteiger partial charge in [0.25, 0.3) is 5.56 Å². The van der Waals surface area contributed by atoms with Gasteiger partial charge in [-0.2, -0.15) is 0 Å². The van der Waals surface area contributed by atoms with Gasteiger partial charge in [0.05, 0.1) is 11.1 Å². The van der Waals surface area contributed by atoms with Crippen LogP contribution in [0.2, 0.25) is 0 Å². The second-order valence-electron chi connectivity index (χ2n) is 4.57. The Morgan fingerprint density at radius 3 is 2.77 bits per heavy atom. The van der Waals surface area contributed by atoms with Crippen molar-refractivity contribution in [1.82, 2.24) is 9.55 Å². The lowest BCUT2D eigenvalue weighted by Gasteiger charge is -2.11. The van der Waals surface area contributed by atoms with Gasteiger partial charge < -0.3 is 5.73 Å². The summed E-state index contributed by atoms with van der Waals surface area (Å²) in [6.07, 6.45) is 0.248. The largest absolute Gasteiger partial charge is 0.370 e. The van der Waals surface area contributed by atoms with Gasteiger partial charge in [-0.1, -0.05) is 30.0 Å². The molecule has 2 N–H and O–H groups in total. The number of para-hydroxylation sites is 1. The van der Waals surface area contributed by atoms with Gasteiger partial charge in [0.15, 0.2) is 5.16 Å². The predicted octanol–water partition coefficient (Wildman–Crippen LogP) is 2.41. The molecule has 5 nitrogen and oxygen atoms in total. The summed E-state index contributed by atoms with van der Waals surface area (Å²) in [7, 11) is 0. The molecule has 0 bridgehead atoms. The first-order valence-electron chi connectivity index (χ1n) is 6.63. The van der Waals surface area contributed by atoms with E-state index in [2.05, 4.69) is 4.98 Å². The molecule has 112 valence electrons. The maximum atomic E-state index is 12.7. The van der Waals surface area contributed by atoms with Crippen molar-refractivity contribution >= 4 is 39.2 Å². The van der Waals surface area contributed by atoms with Crippen LogP contribution < -0.4 is 11.3 Å². The van der Waals surface area contributed by atoms with Gasteiger partial charge >= 0.3 is 0 Å². The first-order valence-corrected chi connectivity index (χ1v) is 8.50. The number of hydrogen-bond donors (Lipinski definition) is 1. The number of benzene rings is 1. The smallest absolute Gasteiger partial charge is 0.267 e. The molecule has 0 saturated carbocycles. The third kappa shape index (κ3) is 2.90. The topological polar surface area (TPSA) is 78.0 Å². The molecular weight excluding hydrogens is 318 g/mol. The van der Waals surface area contributed by atoms with E-state index in [4.69, 9.17) is 5.73 Å². The number of aromatic nitrogens is 2. The van der Waals surface area contributed by atoms with Crippen molar-refractivity contribution in [3.63, 3.8) is 0 Å². The summed E-state index contributed by atoms with van der Waals surface area (Å²) in [6, 6.07) is 11.1. The third-order valence-corrected chi connectivity index (χ3v) is 4.81. The van der Waals surface area contributed by atoms with Crippen molar-refractivity contribution < 1.29 is 4.79 Å². The van der Waals surface area contributed by atoms with E-state index >= 15 is 0 Å². The fourth-order valence-corrected chi connectivity index (χ4v) is 3.81. The molecule has 0 spiro atoms. The normalized spacial score (nSPS) is 10.9. The van der Waals surface area contributed by atoms with Crippen molar-refractivity contribution in [3.8, 4) is 5.69 Å². The Bertz CT molecular complexity index is 871. The molecule has 1 aromatic carbocycles. The number of carbonyl (C=O) groups excluding carboxylic acids is 1. The van der Waals surface area contributed by atoms with E-state index in [1.807, 2.05) is 35.7 Å². The zero-order chi connectivity index (χ0) is 15.5. The highest BCUT2D eigenvalue weighted by Gasteiger charge is 2.14. The second-order valence-corrected chi connectivity index (χ2v) is 6.53. The van der Waals surface area contributed by atoms with Crippen LogP contribution in [0.15, 0.2) is 51.7 Å². The van der Waals surface area contributed by atoms with Crippen molar-refractivity contribution in [1.29, 1.82) is 0 Å². The van der Waals surface area contributed by atoms with Crippen LogP contribution in [0.5, 0.6) is 0 Å². The zero-order valence-electron chi connectivity index (χ0n) is 11.6. The summed E-state index contributed by atoms with van der Waals surface area (Å²) >= 11 is 2.79. The number of rotatable bonds is 5. The molecule has 0 aliphatic rings. The van der Waals surface area contributed by atoms with E-state index in [0.717, 1.165) is 5.69 Å². The summed E-state index contributed by atoms with van der Waals surface area (Å²) < 4.78 is 1.58. The average molecular weight is 331 g/mol. The van der Waals surface area contributed by atoms with E-state index in [-0.39, 0.29) is 17.9 Å². The summed E-state index contributed by atoms with van der Waals surface area (Å²) in [5.74, 6) is 0.129. The first-order chi connectivity index (χ1) is 10.7. The number of thiophene rings is 1. The second kappa shape index (κ2) is 6.33. The molecule has 0 aliphatic carbocycles. The van der Waals surface area contributed by atoms with Crippen LogP contribution in [-0.4, -0.2) is 21.2 Å². The Kier molecular flexibility index (Phi) is 4.26. The number of nitrogens with zero attached hydrogens (tertiary/aromatic N) is 2. The summed E-state index contributed by atoms with van der Waals surface area (Å²) in [6.45, 7) is 0. The quantitative estimate of drug-likeness (QED) is 0.575. The molecule has 2 heterocycles. The molecule has 0 atom stereocenters. The maximum absolute atomic E-state index is 12.7. The predicted molar refractivity (Wildman–Crippen MR) is 89.8 cm³/mol. The van der Waals surface area contributed by atoms with Crippen LogP contribution in [0.4, 0.5) is 0 Å². The van der Waals surface area contributed by atoms with Crippen LogP contribution in [0, 0.1) is 0 Å². The minimum Gasteiger partial charge on any atom is -0.370 e. The van der Waals surface area contributed by atoms with Gasteiger partial charge in [-0.15, -0.1) is 11.3 Å². The molecule has 0 saturated heterocycles. The number of nitrogens with two attached hydrogens (primary N) is 1. The van der Waals surface area contributed by atoms with E-state index in [0.29, 0.717) is 21.1 Å². The van der Waals surface area contributed by atoms with Gasteiger partial charge in [-0.05, 0) is 23.6 Å². The number of carbonyl (C=O) groups is 1. The minimum absolute atomic E-state index is 0.0981. The molecular formula is C15H13N3O2S2. The Morgan fingerprint density at radius 1 is 1.27 bits per heavy atom. The number of amides is 1. The van der Waals surface area contributed by atoms with Gasteiger partial charge in [0.1, 0.15) is 4.83 Å².